The van der Waals surface area contributed by atoms with Gasteiger partial charge >= 0.3 is 0 Å². The van der Waals surface area contributed by atoms with Crippen molar-refractivity contribution in [3.05, 3.63) is 23.8 Å². The van der Waals surface area contributed by atoms with Crippen LogP contribution in [0.4, 0.5) is 0 Å². The van der Waals surface area contributed by atoms with Crippen molar-refractivity contribution in [1.82, 2.24) is 5.32 Å². The highest BCUT2D eigenvalue weighted by atomic mass is 16.5. The van der Waals surface area contributed by atoms with E-state index in [-0.39, 0.29) is 0 Å². The lowest BCUT2D eigenvalue weighted by Crippen LogP contribution is -2.18. The fourth-order valence-corrected chi connectivity index (χ4v) is 1.75. The van der Waals surface area contributed by atoms with E-state index in [1.807, 2.05) is 12.1 Å². The highest BCUT2D eigenvalue weighted by molar-refractivity contribution is 5.42. The van der Waals surface area contributed by atoms with Crippen molar-refractivity contribution < 1.29 is 14.2 Å². The molecular formula is C16H27NO3. The maximum absolute atomic E-state index is 5.77. The van der Waals surface area contributed by atoms with Gasteiger partial charge in [-0.2, -0.15) is 0 Å². The van der Waals surface area contributed by atoms with E-state index in [0.717, 1.165) is 37.6 Å². The van der Waals surface area contributed by atoms with Crippen molar-refractivity contribution >= 4 is 0 Å². The quantitative estimate of drug-likeness (QED) is 0.669. The molecule has 0 spiro atoms. The lowest BCUT2D eigenvalue weighted by Gasteiger charge is -2.13. The standard InChI is InChI=1S/C16H27NO3/c1-13(2)7-9-20-15-6-5-14(11-16(15)19-4)12-17-8-10-18-3/h5-6,11,13,17H,7-10,12H2,1-4H3. The van der Waals surface area contributed by atoms with Crippen LogP contribution in [0.1, 0.15) is 25.8 Å². The molecule has 0 amide bonds. The first-order valence-electron chi connectivity index (χ1n) is 7.16. The molecule has 0 unspecified atom stereocenters. The minimum Gasteiger partial charge on any atom is -0.493 e. The monoisotopic (exact) mass is 281 g/mol. The van der Waals surface area contributed by atoms with Crippen LogP contribution in [-0.2, 0) is 11.3 Å². The van der Waals surface area contributed by atoms with Gasteiger partial charge in [0, 0.05) is 20.2 Å². The third kappa shape index (κ3) is 6.26. The van der Waals surface area contributed by atoms with Gasteiger partial charge in [0.1, 0.15) is 0 Å². The van der Waals surface area contributed by atoms with Crippen LogP contribution >= 0.6 is 0 Å². The summed E-state index contributed by atoms with van der Waals surface area (Å²) in [6.07, 6.45) is 1.05. The van der Waals surface area contributed by atoms with Crippen LogP contribution < -0.4 is 14.8 Å². The van der Waals surface area contributed by atoms with E-state index in [9.17, 15) is 0 Å². The van der Waals surface area contributed by atoms with Gasteiger partial charge in [0.25, 0.3) is 0 Å². The second kappa shape index (κ2) is 9.61. The largest absolute Gasteiger partial charge is 0.493 e. The van der Waals surface area contributed by atoms with Gasteiger partial charge in [0.15, 0.2) is 11.5 Å². The Morgan fingerprint density at radius 3 is 2.55 bits per heavy atom. The third-order valence-electron chi connectivity index (χ3n) is 2.99. The zero-order valence-corrected chi connectivity index (χ0v) is 13.1. The molecule has 4 nitrogen and oxygen atoms in total. The highest BCUT2D eigenvalue weighted by Gasteiger charge is 2.06. The van der Waals surface area contributed by atoms with Crippen molar-refractivity contribution in [2.75, 3.05) is 34.0 Å². The first-order chi connectivity index (χ1) is 9.67. The molecule has 0 radical (unpaired) electrons. The summed E-state index contributed by atoms with van der Waals surface area (Å²) < 4.78 is 16.2. The van der Waals surface area contributed by atoms with Crippen LogP contribution in [0.2, 0.25) is 0 Å². The average Bonchev–Trinajstić information content (AvgIpc) is 2.44. The second-order valence-electron chi connectivity index (χ2n) is 5.19. The van der Waals surface area contributed by atoms with Crippen molar-refractivity contribution in [3.8, 4) is 11.5 Å². The van der Waals surface area contributed by atoms with Crippen LogP contribution in [0.25, 0.3) is 0 Å². The molecule has 20 heavy (non-hydrogen) atoms. The van der Waals surface area contributed by atoms with Gasteiger partial charge in [-0.05, 0) is 30.0 Å². The molecule has 0 fully saturated rings. The molecule has 0 aliphatic heterocycles. The number of hydrogen-bond acceptors (Lipinski definition) is 4. The highest BCUT2D eigenvalue weighted by Crippen LogP contribution is 2.28. The van der Waals surface area contributed by atoms with Gasteiger partial charge in [0.2, 0.25) is 0 Å². The Morgan fingerprint density at radius 2 is 1.90 bits per heavy atom. The molecule has 0 heterocycles. The summed E-state index contributed by atoms with van der Waals surface area (Å²) in [4.78, 5) is 0. The molecule has 1 aromatic rings. The van der Waals surface area contributed by atoms with Crippen molar-refractivity contribution in [3.63, 3.8) is 0 Å². The Balaban J connectivity index is 2.51. The van der Waals surface area contributed by atoms with Gasteiger partial charge in [-0.3, -0.25) is 0 Å². The fraction of sp³-hybridized carbons (Fsp3) is 0.625. The zero-order chi connectivity index (χ0) is 14.8. The molecule has 0 saturated heterocycles. The molecule has 0 atom stereocenters. The topological polar surface area (TPSA) is 39.7 Å². The van der Waals surface area contributed by atoms with Crippen molar-refractivity contribution in [2.24, 2.45) is 5.92 Å². The molecule has 0 aliphatic carbocycles. The van der Waals surface area contributed by atoms with E-state index in [4.69, 9.17) is 14.2 Å². The van der Waals surface area contributed by atoms with E-state index in [2.05, 4.69) is 25.2 Å². The molecule has 4 heteroatoms. The molecule has 1 rings (SSSR count). The molecule has 0 aliphatic rings. The van der Waals surface area contributed by atoms with E-state index in [1.54, 1.807) is 14.2 Å². The van der Waals surface area contributed by atoms with Crippen LogP contribution in [0.5, 0.6) is 11.5 Å². The summed E-state index contributed by atoms with van der Waals surface area (Å²) >= 11 is 0. The van der Waals surface area contributed by atoms with Crippen LogP contribution in [0, 0.1) is 5.92 Å². The Kier molecular flexibility index (Phi) is 8.07. The summed E-state index contributed by atoms with van der Waals surface area (Å²) in [5.74, 6) is 2.25. The summed E-state index contributed by atoms with van der Waals surface area (Å²) in [7, 11) is 3.38. The predicted molar refractivity (Wildman–Crippen MR) is 81.5 cm³/mol. The lowest BCUT2D eigenvalue weighted by molar-refractivity contribution is 0.199. The van der Waals surface area contributed by atoms with Gasteiger partial charge in [-0.1, -0.05) is 19.9 Å². The Labute approximate surface area is 122 Å². The smallest absolute Gasteiger partial charge is 0.161 e. The molecular weight excluding hydrogens is 254 g/mol. The maximum atomic E-state index is 5.77. The molecule has 0 bridgehead atoms. The number of methoxy groups -OCH3 is 2. The molecule has 0 saturated carbocycles. The van der Waals surface area contributed by atoms with E-state index >= 15 is 0 Å². The zero-order valence-electron chi connectivity index (χ0n) is 13.1. The SMILES string of the molecule is COCCNCc1ccc(OCCC(C)C)c(OC)c1. The third-order valence-corrected chi connectivity index (χ3v) is 2.99. The fourth-order valence-electron chi connectivity index (χ4n) is 1.75. The first kappa shape index (κ1) is 16.8. The summed E-state index contributed by atoms with van der Waals surface area (Å²) in [5.41, 5.74) is 1.18. The van der Waals surface area contributed by atoms with Crippen LogP contribution in [0.3, 0.4) is 0 Å². The lowest BCUT2D eigenvalue weighted by atomic mass is 10.1. The maximum Gasteiger partial charge on any atom is 0.161 e. The number of hydrogen-bond donors (Lipinski definition) is 1. The summed E-state index contributed by atoms with van der Waals surface area (Å²) in [6.45, 7) is 7.45. The normalized spacial score (nSPS) is 10.8. The number of ether oxygens (including phenoxy) is 3. The minimum absolute atomic E-state index is 0.644. The van der Waals surface area contributed by atoms with E-state index < -0.39 is 0 Å². The van der Waals surface area contributed by atoms with Gasteiger partial charge in [-0.15, -0.1) is 0 Å². The van der Waals surface area contributed by atoms with Crippen molar-refractivity contribution in [1.29, 1.82) is 0 Å². The molecule has 1 aromatic carbocycles. The molecule has 114 valence electrons. The Hall–Kier alpha value is -1.26. The minimum atomic E-state index is 0.644. The van der Waals surface area contributed by atoms with E-state index in [0.29, 0.717) is 12.5 Å². The van der Waals surface area contributed by atoms with Gasteiger partial charge in [0.05, 0.1) is 20.3 Å². The molecule has 1 N–H and O–H groups in total. The average molecular weight is 281 g/mol. The number of nitrogens with one attached hydrogen (secondary N) is 1. The Morgan fingerprint density at radius 1 is 1.10 bits per heavy atom. The van der Waals surface area contributed by atoms with Crippen LogP contribution in [-0.4, -0.2) is 34.0 Å². The van der Waals surface area contributed by atoms with Gasteiger partial charge < -0.3 is 19.5 Å². The summed E-state index contributed by atoms with van der Waals surface area (Å²) in [6, 6.07) is 6.06. The van der Waals surface area contributed by atoms with Crippen molar-refractivity contribution in [2.45, 2.75) is 26.8 Å². The molecule has 0 aromatic heterocycles. The number of rotatable bonds is 10. The Bertz CT molecular complexity index is 380. The first-order valence-corrected chi connectivity index (χ1v) is 7.16. The van der Waals surface area contributed by atoms with Crippen LogP contribution in [0.15, 0.2) is 18.2 Å². The van der Waals surface area contributed by atoms with E-state index in [1.165, 1.54) is 5.56 Å². The number of benzene rings is 1. The predicted octanol–water partition coefficient (Wildman–Crippen LogP) is 2.86. The summed E-state index contributed by atoms with van der Waals surface area (Å²) in [5, 5.41) is 3.31. The van der Waals surface area contributed by atoms with Gasteiger partial charge in [-0.25, -0.2) is 0 Å². The second-order valence-corrected chi connectivity index (χ2v) is 5.19.